The Morgan fingerprint density at radius 2 is 1.85 bits per heavy atom. The number of halogens is 1. The maximum Gasteiger partial charge on any atom is 0.244 e. The van der Waals surface area contributed by atoms with Crippen molar-refractivity contribution >= 4 is 38.8 Å². The highest BCUT2D eigenvalue weighted by Crippen LogP contribution is 2.27. The van der Waals surface area contributed by atoms with Crippen molar-refractivity contribution in [1.82, 2.24) is 5.43 Å². The van der Waals surface area contributed by atoms with Crippen molar-refractivity contribution in [2.75, 3.05) is 14.2 Å². The minimum absolute atomic E-state index is 0.189. The summed E-state index contributed by atoms with van der Waals surface area (Å²) in [6, 6.07) is 17.3. The minimum Gasteiger partial charge on any atom is -0.497 e. The predicted octanol–water partition coefficient (Wildman–Crippen LogP) is 4.31. The number of nitrogens with one attached hydrogen (secondary N) is 1. The van der Waals surface area contributed by atoms with Crippen LogP contribution in [0.1, 0.15) is 11.1 Å². The number of amides is 1. The molecule has 1 amide bonds. The average Bonchev–Trinajstić information content (AvgIpc) is 2.70. The van der Waals surface area contributed by atoms with E-state index >= 15 is 0 Å². The van der Waals surface area contributed by atoms with Crippen LogP contribution in [0.4, 0.5) is 0 Å². The molecule has 138 valence electrons. The topological polar surface area (TPSA) is 59.9 Å². The molecule has 0 unspecified atom stereocenters. The Morgan fingerprint density at radius 3 is 2.59 bits per heavy atom. The molecule has 0 spiro atoms. The maximum absolute atomic E-state index is 12.3. The molecule has 0 heterocycles. The summed E-state index contributed by atoms with van der Waals surface area (Å²) >= 11 is 3.54. The summed E-state index contributed by atoms with van der Waals surface area (Å²) in [7, 11) is 3.16. The molecule has 0 aliphatic rings. The molecule has 0 aliphatic heterocycles. The van der Waals surface area contributed by atoms with Crippen molar-refractivity contribution < 1.29 is 14.3 Å². The first kappa shape index (κ1) is 18.9. The second-order valence-electron chi connectivity index (χ2n) is 5.83. The third-order valence-corrected chi connectivity index (χ3v) is 4.84. The Labute approximate surface area is 166 Å². The van der Waals surface area contributed by atoms with Gasteiger partial charge in [-0.2, -0.15) is 5.10 Å². The molecule has 3 aromatic carbocycles. The van der Waals surface area contributed by atoms with Gasteiger partial charge in [-0.3, -0.25) is 4.79 Å². The largest absolute Gasteiger partial charge is 0.497 e. The molecule has 0 saturated heterocycles. The molecule has 0 saturated carbocycles. The van der Waals surface area contributed by atoms with Crippen LogP contribution in [0.2, 0.25) is 0 Å². The van der Waals surface area contributed by atoms with Gasteiger partial charge in [0.2, 0.25) is 5.91 Å². The van der Waals surface area contributed by atoms with Crippen LogP contribution in [-0.4, -0.2) is 26.3 Å². The van der Waals surface area contributed by atoms with E-state index in [0.717, 1.165) is 26.4 Å². The van der Waals surface area contributed by atoms with E-state index in [4.69, 9.17) is 9.47 Å². The van der Waals surface area contributed by atoms with Crippen molar-refractivity contribution in [3.05, 3.63) is 70.2 Å². The number of methoxy groups -OCH3 is 2. The second-order valence-corrected chi connectivity index (χ2v) is 6.68. The van der Waals surface area contributed by atoms with Crippen molar-refractivity contribution in [1.29, 1.82) is 0 Å². The number of fused-ring (bicyclic) bond motifs is 1. The van der Waals surface area contributed by atoms with E-state index in [1.807, 2.05) is 42.5 Å². The van der Waals surface area contributed by atoms with Gasteiger partial charge >= 0.3 is 0 Å². The zero-order valence-corrected chi connectivity index (χ0v) is 16.6. The smallest absolute Gasteiger partial charge is 0.244 e. The fourth-order valence-corrected chi connectivity index (χ4v) is 3.27. The van der Waals surface area contributed by atoms with Crippen LogP contribution in [0.3, 0.4) is 0 Å². The van der Waals surface area contributed by atoms with Crippen LogP contribution in [0, 0.1) is 0 Å². The lowest BCUT2D eigenvalue weighted by molar-refractivity contribution is -0.120. The zero-order chi connectivity index (χ0) is 19.2. The van der Waals surface area contributed by atoms with Crippen LogP contribution >= 0.6 is 15.9 Å². The summed E-state index contributed by atoms with van der Waals surface area (Å²) in [5.74, 6) is 1.12. The third kappa shape index (κ3) is 4.46. The number of carbonyl (C=O) groups excluding carboxylic acids is 1. The Kier molecular flexibility index (Phi) is 6.08. The van der Waals surface area contributed by atoms with Crippen LogP contribution < -0.4 is 14.9 Å². The van der Waals surface area contributed by atoms with Gasteiger partial charge in [0.25, 0.3) is 0 Å². The highest BCUT2D eigenvalue weighted by molar-refractivity contribution is 9.10. The predicted molar refractivity (Wildman–Crippen MR) is 111 cm³/mol. The lowest BCUT2D eigenvalue weighted by Gasteiger charge is -2.08. The number of hydrazone groups is 1. The molecule has 0 aliphatic carbocycles. The number of carbonyl (C=O) groups is 1. The van der Waals surface area contributed by atoms with Crippen LogP contribution in [0.15, 0.2) is 64.2 Å². The van der Waals surface area contributed by atoms with Gasteiger partial charge in [0.05, 0.1) is 26.9 Å². The Morgan fingerprint density at radius 1 is 1.07 bits per heavy atom. The van der Waals surface area contributed by atoms with Crippen LogP contribution in [0.25, 0.3) is 10.8 Å². The van der Waals surface area contributed by atoms with E-state index in [2.05, 4.69) is 26.5 Å². The Hall–Kier alpha value is -2.86. The van der Waals surface area contributed by atoms with Gasteiger partial charge in [-0.1, -0.05) is 46.3 Å². The second kappa shape index (κ2) is 8.68. The molecule has 0 atom stereocenters. The number of hydrogen-bond donors (Lipinski definition) is 1. The molecular formula is C21H19BrN2O3. The van der Waals surface area contributed by atoms with Gasteiger partial charge in [-0.05, 0) is 34.5 Å². The quantitative estimate of drug-likeness (QED) is 0.471. The monoisotopic (exact) mass is 426 g/mol. The Balaban J connectivity index is 1.71. The van der Waals surface area contributed by atoms with E-state index in [-0.39, 0.29) is 12.3 Å². The van der Waals surface area contributed by atoms with Crippen molar-refractivity contribution in [2.24, 2.45) is 5.10 Å². The summed E-state index contributed by atoms with van der Waals surface area (Å²) in [5, 5.41) is 6.17. The SMILES string of the molecule is COc1ccc(/C=N\NC(=O)Cc2ccc(Br)c3ccccc23)c(OC)c1. The van der Waals surface area contributed by atoms with E-state index in [1.165, 1.54) is 0 Å². The van der Waals surface area contributed by atoms with Gasteiger partial charge < -0.3 is 9.47 Å². The third-order valence-electron chi connectivity index (χ3n) is 4.15. The summed E-state index contributed by atoms with van der Waals surface area (Å²) < 4.78 is 11.5. The van der Waals surface area contributed by atoms with Gasteiger partial charge in [0.15, 0.2) is 0 Å². The number of rotatable bonds is 6. The lowest BCUT2D eigenvalue weighted by Crippen LogP contribution is -2.20. The normalized spacial score (nSPS) is 10.9. The first-order valence-electron chi connectivity index (χ1n) is 8.32. The zero-order valence-electron chi connectivity index (χ0n) is 15.0. The molecule has 1 N–H and O–H groups in total. The van der Waals surface area contributed by atoms with Crippen molar-refractivity contribution in [3.8, 4) is 11.5 Å². The van der Waals surface area contributed by atoms with Gasteiger partial charge in [0, 0.05) is 16.1 Å². The minimum atomic E-state index is -0.189. The highest BCUT2D eigenvalue weighted by atomic mass is 79.9. The average molecular weight is 427 g/mol. The first-order valence-corrected chi connectivity index (χ1v) is 9.11. The van der Waals surface area contributed by atoms with Crippen molar-refractivity contribution in [2.45, 2.75) is 6.42 Å². The van der Waals surface area contributed by atoms with E-state index in [9.17, 15) is 4.79 Å². The van der Waals surface area contributed by atoms with E-state index in [1.54, 1.807) is 32.6 Å². The lowest BCUT2D eigenvalue weighted by atomic mass is 10.0. The van der Waals surface area contributed by atoms with Gasteiger partial charge in [-0.25, -0.2) is 5.43 Å². The molecule has 5 nitrogen and oxygen atoms in total. The summed E-state index contributed by atoms with van der Waals surface area (Å²) in [6.45, 7) is 0. The van der Waals surface area contributed by atoms with Crippen LogP contribution in [-0.2, 0) is 11.2 Å². The molecule has 3 rings (SSSR count). The molecule has 3 aromatic rings. The van der Waals surface area contributed by atoms with Crippen LogP contribution in [0.5, 0.6) is 11.5 Å². The van der Waals surface area contributed by atoms with Gasteiger partial charge in [-0.15, -0.1) is 0 Å². The summed E-state index contributed by atoms with van der Waals surface area (Å²) in [6.07, 6.45) is 1.79. The molecule has 0 bridgehead atoms. The molecule has 27 heavy (non-hydrogen) atoms. The van der Waals surface area contributed by atoms with Crippen molar-refractivity contribution in [3.63, 3.8) is 0 Å². The molecule has 6 heteroatoms. The fourth-order valence-electron chi connectivity index (χ4n) is 2.79. The highest BCUT2D eigenvalue weighted by Gasteiger charge is 2.08. The Bertz CT molecular complexity index is 1000. The first-order chi connectivity index (χ1) is 13.1. The molecular weight excluding hydrogens is 408 g/mol. The fraction of sp³-hybridized carbons (Fsp3) is 0.143. The number of benzene rings is 3. The maximum atomic E-state index is 12.3. The van der Waals surface area contributed by atoms with Gasteiger partial charge in [0.1, 0.15) is 11.5 Å². The van der Waals surface area contributed by atoms with E-state index < -0.39 is 0 Å². The number of ether oxygens (including phenoxy) is 2. The van der Waals surface area contributed by atoms with E-state index in [0.29, 0.717) is 11.5 Å². The molecule has 0 radical (unpaired) electrons. The summed E-state index contributed by atoms with van der Waals surface area (Å²) in [5.41, 5.74) is 4.26. The molecule has 0 aromatic heterocycles. The molecule has 0 fully saturated rings. The summed E-state index contributed by atoms with van der Waals surface area (Å²) in [4.78, 5) is 12.3. The standard InChI is InChI=1S/C21H19BrN2O3/c1-26-16-9-7-15(20(12-16)27-2)13-23-24-21(25)11-14-8-10-19(22)18-6-4-3-5-17(14)18/h3-10,12-13H,11H2,1-2H3,(H,24,25)/b23-13-. The number of nitrogens with zero attached hydrogens (tertiary/aromatic N) is 1. The number of hydrogen-bond acceptors (Lipinski definition) is 4.